The molecule has 5 nitrogen and oxygen atoms in total. The monoisotopic (exact) mass is 237 g/mol. The van der Waals surface area contributed by atoms with Crippen LogP contribution in [-0.2, 0) is 9.53 Å². The Bertz CT molecular complexity index is 386. The number of ether oxygens (including phenoxy) is 2. The van der Waals surface area contributed by atoms with E-state index < -0.39 is 12.0 Å². The van der Waals surface area contributed by atoms with Gasteiger partial charge in [0, 0.05) is 0 Å². The molecule has 0 aliphatic heterocycles. The topological polar surface area (TPSA) is 64.6 Å². The first-order chi connectivity index (χ1) is 8.11. The minimum absolute atomic E-state index is 0.220. The summed E-state index contributed by atoms with van der Waals surface area (Å²) in [6, 6.07) is 7.26. The van der Waals surface area contributed by atoms with Crippen molar-refractivity contribution in [1.29, 1.82) is 0 Å². The van der Waals surface area contributed by atoms with Gasteiger partial charge in [-0.3, -0.25) is 10.1 Å². The van der Waals surface area contributed by atoms with Crippen molar-refractivity contribution >= 4 is 12.0 Å². The van der Waals surface area contributed by atoms with Gasteiger partial charge in [0.25, 0.3) is 5.91 Å². The summed E-state index contributed by atoms with van der Waals surface area (Å²) in [5.41, 5.74) is 1.10. The summed E-state index contributed by atoms with van der Waals surface area (Å²) < 4.78 is 9.74. The fourth-order valence-electron chi connectivity index (χ4n) is 1.10. The van der Waals surface area contributed by atoms with E-state index in [1.54, 1.807) is 19.1 Å². The van der Waals surface area contributed by atoms with Gasteiger partial charge >= 0.3 is 6.09 Å². The Kier molecular flexibility index (Phi) is 5.00. The predicted octanol–water partition coefficient (Wildman–Crippen LogP) is 1.65. The van der Waals surface area contributed by atoms with Gasteiger partial charge in [-0.25, -0.2) is 4.79 Å². The van der Waals surface area contributed by atoms with Crippen LogP contribution >= 0.6 is 0 Å². The van der Waals surface area contributed by atoms with Gasteiger partial charge < -0.3 is 9.47 Å². The summed E-state index contributed by atoms with van der Waals surface area (Å²) in [6.45, 7) is 3.61. The number of aryl methyl sites for hydroxylation is 1. The van der Waals surface area contributed by atoms with Crippen LogP contribution in [0.15, 0.2) is 24.3 Å². The second kappa shape index (κ2) is 6.52. The minimum atomic E-state index is -0.759. The van der Waals surface area contributed by atoms with Crippen LogP contribution in [0, 0.1) is 6.92 Å². The Morgan fingerprint density at radius 1 is 1.24 bits per heavy atom. The number of alkyl carbamates (subject to hydrolysis) is 1. The largest absolute Gasteiger partial charge is 0.484 e. The van der Waals surface area contributed by atoms with Crippen molar-refractivity contribution in [1.82, 2.24) is 5.32 Å². The molecule has 0 saturated carbocycles. The molecule has 0 aliphatic rings. The van der Waals surface area contributed by atoms with Gasteiger partial charge in [0.15, 0.2) is 6.61 Å². The van der Waals surface area contributed by atoms with E-state index in [0.29, 0.717) is 5.75 Å². The van der Waals surface area contributed by atoms with Crippen molar-refractivity contribution in [3.63, 3.8) is 0 Å². The third-order valence-corrected chi connectivity index (χ3v) is 1.91. The molecule has 0 atom stereocenters. The number of carbonyl (C=O) groups excluding carboxylic acids is 2. The highest BCUT2D eigenvalue weighted by molar-refractivity contribution is 5.92. The summed E-state index contributed by atoms with van der Waals surface area (Å²) in [7, 11) is 0. The zero-order valence-electron chi connectivity index (χ0n) is 9.86. The highest BCUT2D eigenvalue weighted by Gasteiger charge is 2.08. The first-order valence-electron chi connectivity index (χ1n) is 5.28. The molecule has 0 aliphatic carbocycles. The van der Waals surface area contributed by atoms with Gasteiger partial charge in [-0.05, 0) is 26.0 Å². The van der Waals surface area contributed by atoms with E-state index in [4.69, 9.17) is 4.74 Å². The highest BCUT2D eigenvalue weighted by Crippen LogP contribution is 2.10. The zero-order valence-corrected chi connectivity index (χ0v) is 9.86. The maximum atomic E-state index is 11.2. The normalized spacial score (nSPS) is 9.53. The third-order valence-electron chi connectivity index (χ3n) is 1.91. The van der Waals surface area contributed by atoms with Crippen LogP contribution in [0.1, 0.15) is 12.5 Å². The summed E-state index contributed by atoms with van der Waals surface area (Å²) in [6.07, 6.45) is -0.759. The molecule has 0 fully saturated rings. The number of hydrogen-bond donors (Lipinski definition) is 1. The van der Waals surface area contributed by atoms with Crippen LogP contribution in [0.2, 0.25) is 0 Å². The standard InChI is InChI=1S/C12H15NO4/c1-3-16-12(15)13-11(14)8-17-10-6-4-9(2)5-7-10/h4-7H,3,8H2,1-2H3,(H,13,14,15). The van der Waals surface area contributed by atoms with E-state index in [1.165, 1.54) is 0 Å². The summed E-state index contributed by atoms with van der Waals surface area (Å²) >= 11 is 0. The highest BCUT2D eigenvalue weighted by atomic mass is 16.5. The van der Waals surface area contributed by atoms with Crippen molar-refractivity contribution in [2.75, 3.05) is 13.2 Å². The first-order valence-corrected chi connectivity index (χ1v) is 5.28. The second-order valence-electron chi connectivity index (χ2n) is 3.37. The van der Waals surface area contributed by atoms with Gasteiger partial charge in [0.1, 0.15) is 5.75 Å². The van der Waals surface area contributed by atoms with Crippen molar-refractivity contribution < 1.29 is 19.1 Å². The summed E-state index contributed by atoms with van der Waals surface area (Å²) in [5, 5.41) is 2.04. The molecular formula is C12H15NO4. The van der Waals surface area contributed by atoms with Crippen LogP contribution in [0.25, 0.3) is 0 Å². The number of imide groups is 1. The average molecular weight is 237 g/mol. The molecule has 2 amide bonds. The molecule has 0 radical (unpaired) electrons. The second-order valence-corrected chi connectivity index (χ2v) is 3.37. The molecule has 0 unspecified atom stereocenters. The van der Waals surface area contributed by atoms with Gasteiger partial charge in [0.2, 0.25) is 0 Å². The van der Waals surface area contributed by atoms with E-state index >= 15 is 0 Å². The average Bonchev–Trinajstić information content (AvgIpc) is 2.28. The lowest BCUT2D eigenvalue weighted by Gasteiger charge is -2.06. The molecule has 17 heavy (non-hydrogen) atoms. The smallest absolute Gasteiger partial charge is 0.413 e. The van der Waals surface area contributed by atoms with Crippen molar-refractivity contribution in [3.05, 3.63) is 29.8 Å². The maximum absolute atomic E-state index is 11.2. The lowest BCUT2D eigenvalue weighted by molar-refractivity contribution is -0.122. The van der Waals surface area contributed by atoms with Gasteiger partial charge in [0.05, 0.1) is 6.61 Å². The van der Waals surface area contributed by atoms with E-state index in [0.717, 1.165) is 5.56 Å². The number of benzene rings is 1. The molecule has 0 aromatic heterocycles. The van der Waals surface area contributed by atoms with Gasteiger partial charge in [-0.15, -0.1) is 0 Å². The Hall–Kier alpha value is -2.04. The molecule has 1 N–H and O–H groups in total. The van der Waals surface area contributed by atoms with Crippen LogP contribution in [-0.4, -0.2) is 25.2 Å². The summed E-state index contributed by atoms with van der Waals surface area (Å²) in [4.78, 5) is 22.1. The first kappa shape index (κ1) is 13.0. The number of hydrogen-bond acceptors (Lipinski definition) is 4. The van der Waals surface area contributed by atoms with Crippen LogP contribution in [0.3, 0.4) is 0 Å². The summed E-state index contributed by atoms with van der Waals surface area (Å²) in [5.74, 6) is 0.0404. The van der Waals surface area contributed by atoms with Crippen molar-refractivity contribution in [2.45, 2.75) is 13.8 Å². The zero-order chi connectivity index (χ0) is 12.7. The van der Waals surface area contributed by atoms with E-state index in [2.05, 4.69) is 4.74 Å². The van der Waals surface area contributed by atoms with Crippen LogP contribution in [0.4, 0.5) is 4.79 Å². The van der Waals surface area contributed by atoms with E-state index in [1.807, 2.05) is 24.4 Å². The Balaban J connectivity index is 2.33. The van der Waals surface area contributed by atoms with Gasteiger partial charge in [-0.2, -0.15) is 0 Å². The quantitative estimate of drug-likeness (QED) is 0.864. The number of rotatable bonds is 4. The molecule has 92 valence electrons. The third kappa shape index (κ3) is 5.01. The Labute approximate surface area is 99.7 Å². The molecule has 5 heteroatoms. The van der Waals surface area contributed by atoms with Crippen LogP contribution < -0.4 is 10.1 Å². The molecular weight excluding hydrogens is 222 g/mol. The van der Waals surface area contributed by atoms with Gasteiger partial charge in [-0.1, -0.05) is 17.7 Å². The molecule has 0 spiro atoms. The number of nitrogens with one attached hydrogen (secondary N) is 1. The molecule has 0 saturated heterocycles. The van der Waals surface area contributed by atoms with Crippen LogP contribution in [0.5, 0.6) is 5.75 Å². The number of amides is 2. The molecule has 1 rings (SSSR count). The van der Waals surface area contributed by atoms with E-state index in [-0.39, 0.29) is 13.2 Å². The number of carbonyl (C=O) groups is 2. The fraction of sp³-hybridized carbons (Fsp3) is 0.333. The Morgan fingerprint density at radius 2 is 1.88 bits per heavy atom. The SMILES string of the molecule is CCOC(=O)NC(=O)COc1ccc(C)cc1. The molecule has 1 aromatic carbocycles. The lowest BCUT2D eigenvalue weighted by Crippen LogP contribution is -2.34. The van der Waals surface area contributed by atoms with E-state index in [9.17, 15) is 9.59 Å². The minimum Gasteiger partial charge on any atom is -0.484 e. The van der Waals surface area contributed by atoms with Crippen molar-refractivity contribution in [2.24, 2.45) is 0 Å². The molecule has 1 aromatic rings. The van der Waals surface area contributed by atoms with Crippen molar-refractivity contribution in [3.8, 4) is 5.75 Å². The lowest BCUT2D eigenvalue weighted by atomic mass is 10.2. The molecule has 0 heterocycles. The maximum Gasteiger partial charge on any atom is 0.413 e. The predicted molar refractivity (Wildman–Crippen MR) is 61.8 cm³/mol. The fourth-order valence-corrected chi connectivity index (χ4v) is 1.10. The Morgan fingerprint density at radius 3 is 2.47 bits per heavy atom. The molecule has 0 bridgehead atoms.